The maximum atomic E-state index is 10.4. The van der Waals surface area contributed by atoms with Gasteiger partial charge in [0.2, 0.25) is 0 Å². The van der Waals surface area contributed by atoms with Gasteiger partial charge >= 0.3 is 0 Å². The summed E-state index contributed by atoms with van der Waals surface area (Å²) >= 11 is 0. The van der Waals surface area contributed by atoms with Crippen molar-refractivity contribution in [3.63, 3.8) is 0 Å². The summed E-state index contributed by atoms with van der Waals surface area (Å²) in [4.78, 5) is 0. The molecule has 0 aromatic heterocycles. The lowest BCUT2D eigenvalue weighted by molar-refractivity contribution is 0.171. The van der Waals surface area contributed by atoms with E-state index in [4.69, 9.17) is 4.43 Å². The van der Waals surface area contributed by atoms with Gasteiger partial charge in [0.15, 0.2) is 0 Å². The molecule has 0 heterocycles. The first-order valence-electron chi connectivity index (χ1n) is 10.6. The monoisotopic (exact) mass is 419 g/mol. The van der Waals surface area contributed by atoms with E-state index in [9.17, 15) is 5.11 Å². The van der Waals surface area contributed by atoms with E-state index in [-0.39, 0.29) is 5.04 Å². The molecule has 0 bridgehead atoms. The van der Waals surface area contributed by atoms with Crippen LogP contribution in [0.2, 0.25) is 5.04 Å². The number of hydrogen-bond donors (Lipinski definition) is 2. The zero-order valence-corrected chi connectivity index (χ0v) is 19.2. The molecular weight excluding hydrogens is 386 g/mol. The van der Waals surface area contributed by atoms with Crippen molar-refractivity contribution in [2.45, 2.75) is 31.9 Å². The van der Waals surface area contributed by atoms with Crippen molar-refractivity contribution in [1.29, 1.82) is 0 Å². The highest BCUT2D eigenvalue weighted by Crippen LogP contribution is 2.36. The van der Waals surface area contributed by atoms with Crippen molar-refractivity contribution in [3.05, 3.63) is 96.6 Å². The fourth-order valence-corrected chi connectivity index (χ4v) is 8.63. The first-order valence-corrected chi connectivity index (χ1v) is 12.5. The van der Waals surface area contributed by atoms with Crippen LogP contribution in [0, 0.1) is 0 Å². The molecule has 0 aliphatic rings. The van der Waals surface area contributed by atoms with Crippen molar-refractivity contribution in [1.82, 2.24) is 5.32 Å². The summed E-state index contributed by atoms with van der Waals surface area (Å²) in [5.74, 6) is 0. The first kappa shape index (κ1) is 22.4. The van der Waals surface area contributed by atoms with Gasteiger partial charge < -0.3 is 14.8 Å². The second kappa shape index (κ2) is 10.2. The van der Waals surface area contributed by atoms with Crippen LogP contribution >= 0.6 is 0 Å². The molecule has 4 heteroatoms. The standard InChI is InChI=1S/C26H33NO2Si/c1-26(2,3)30(23-15-9-5-10-16-23,24-17-11-6-12-18-24)29-20-19-27-21-25(28)22-13-7-4-8-14-22/h4-18,25,27-28H,19-21H2,1-3H3/t25-/m1/s1. The fraction of sp³-hybridized carbons (Fsp3) is 0.308. The van der Waals surface area contributed by atoms with E-state index >= 15 is 0 Å². The molecular formula is C26H33NO2Si. The van der Waals surface area contributed by atoms with E-state index in [1.807, 2.05) is 30.3 Å². The van der Waals surface area contributed by atoms with Gasteiger partial charge in [-0.15, -0.1) is 0 Å². The van der Waals surface area contributed by atoms with Gasteiger partial charge in [0.25, 0.3) is 8.32 Å². The Morgan fingerprint density at radius 3 is 1.73 bits per heavy atom. The third-order valence-electron chi connectivity index (χ3n) is 5.54. The third-order valence-corrected chi connectivity index (χ3v) is 10.6. The van der Waals surface area contributed by atoms with Crippen LogP contribution in [0.15, 0.2) is 91.0 Å². The summed E-state index contributed by atoms with van der Waals surface area (Å²) in [6.07, 6.45) is -0.515. The minimum atomic E-state index is -2.49. The molecule has 0 aliphatic carbocycles. The molecule has 3 aromatic rings. The van der Waals surface area contributed by atoms with Gasteiger partial charge in [0.05, 0.1) is 6.10 Å². The highest BCUT2D eigenvalue weighted by atomic mass is 28.4. The second-order valence-electron chi connectivity index (χ2n) is 8.64. The summed E-state index contributed by atoms with van der Waals surface area (Å²) in [5, 5.41) is 16.3. The predicted octanol–water partition coefficient (Wildman–Crippen LogP) is 3.89. The van der Waals surface area contributed by atoms with E-state index in [1.165, 1.54) is 10.4 Å². The Hall–Kier alpha value is -2.24. The molecule has 30 heavy (non-hydrogen) atoms. The van der Waals surface area contributed by atoms with Crippen LogP contribution in [-0.4, -0.2) is 33.1 Å². The summed E-state index contributed by atoms with van der Waals surface area (Å²) in [6, 6.07) is 31.1. The Bertz CT molecular complexity index is 840. The molecule has 2 N–H and O–H groups in total. The number of nitrogens with one attached hydrogen (secondary N) is 1. The fourth-order valence-electron chi connectivity index (χ4n) is 4.07. The largest absolute Gasteiger partial charge is 0.406 e. The van der Waals surface area contributed by atoms with Crippen molar-refractivity contribution in [2.75, 3.05) is 19.7 Å². The van der Waals surface area contributed by atoms with Gasteiger partial charge in [-0.2, -0.15) is 0 Å². The van der Waals surface area contributed by atoms with Gasteiger partial charge in [0, 0.05) is 19.7 Å². The minimum absolute atomic E-state index is 0.0285. The van der Waals surface area contributed by atoms with Crippen molar-refractivity contribution in [2.24, 2.45) is 0 Å². The van der Waals surface area contributed by atoms with Crippen molar-refractivity contribution >= 4 is 18.7 Å². The average molecular weight is 420 g/mol. The number of benzene rings is 3. The normalized spacial score (nSPS) is 13.2. The van der Waals surface area contributed by atoms with E-state index in [2.05, 4.69) is 86.8 Å². The molecule has 0 spiro atoms. The molecule has 0 saturated heterocycles. The Labute approximate surface area is 181 Å². The molecule has 0 amide bonds. The number of hydrogen-bond acceptors (Lipinski definition) is 3. The minimum Gasteiger partial charge on any atom is -0.406 e. The van der Waals surface area contributed by atoms with E-state index < -0.39 is 14.4 Å². The van der Waals surface area contributed by atoms with Crippen molar-refractivity contribution < 1.29 is 9.53 Å². The highest BCUT2D eigenvalue weighted by Gasteiger charge is 2.49. The quantitative estimate of drug-likeness (QED) is 0.408. The lowest BCUT2D eigenvalue weighted by Gasteiger charge is -2.43. The topological polar surface area (TPSA) is 41.5 Å². The van der Waals surface area contributed by atoms with Crippen LogP contribution in [0.25, 0.3) is 0 Å². The first-order chi connectivity index (χ1) is 14.4. The second-order valence-corrected chi connectivity index (χ2v) is 12.9. The van der Waals surface area contributed by atoms with Gasteiger partial charge in [-0.1, -0.05) is 112 Å². The molecule has 158 valence electrons. The molecule has 3 aromatic carbocycles. The summed E-state index contributed by atoms with van der Waals surface area (Å²) in [6.45, 7) is 8.64. The van der Waals surface area contributed by atoms with Crippen LogP contribution in [0.4, 0.5) is 0 Å². The lowest BCUT2D eigenvalue weighted by atomic mass is 10.1. The smallest absolute Gasteiger partial charge is 0.261 e. The van der Waals surface area contributed by atoms with Crippen LogP contribution in [0.5, 0.6) is 0 Å². The zero-order chi connectivity index (χ0) is 21.5. The Balaban J connectivity index is 1.74. The van der Waals surface area contributed by atoms with Gasteiger partial charge in [0.1, 0.15) is 0 Å². The molecule has 3 nitrogen and oxygen atoms in total. The Morgan fingerprint density at radius 2 is 1.27 bits per heavy atom. The third kappa shape index (κ3) is 5.08. The van der Waals surface area contributed by atoms with Crippen molar-refractivity contribution in [3.8, 4) is 0 Å². The van der Waals surface area contributed by atoms with Gasteiger partial charge in [-0.25, -0.2) is 0 Å². The highest BCUT2D eigenvalue weighted by molar-refractivity contribution is 6.99. The lowest BCUT2D eigenvalue weighted by Crippen LogP contribution is -2.67. The maximum absolute atomic E-state index is 10.4. The van der Waals surface area contributed by atoms with Gasteiger partial charge in [-0.3, -0.25) is 0 Å². The maximum Gasteiger partial charge on any atom is 0.261 e. The van der Waals surface area contributed by atoms with E-state index in [1.54, 1.807) is 0 Å². The summed E-state index contributed by atoms with van der Waals surface area (Å²) in [7, 11) is -2.49. The zero-order valence-electron chi connectivity index (χ0n) is 18.2. The van der Waals surface area contributed by atoms with Crippen LogP contribution < -0.4 is 15.7 Å². The molecule has 0 unspecified atom stereocenters. The van der Waals surface area contributed by atoms with E-state index in [0.717, 1.165) is 5.56 Å². The number of aliphatic hydroxyl groups excluding tert-OH is 1. The van der Waals surface area contributed by atoms with Gasteiger partial charge in [-0.05, 0) is 21.0 Å². The number of aliphatic hydroxyl groups is 1. The summed E-state index contributed by atoms with van der Waals surface area (Å²) in [5.41, 5.74) is 0.929. The molecule has 0 aliphatic heterocycles. The Kier molecular flexibility index (Phi) is 7.62. The summed E-state index contributed by atoms with van der Waals surface area (Å²) < 4.78 is 6.85. The molecule has 1 atom stereocenters. The predicted molar refractivity (Wildman–Crippen MR) is 128 cm³/mol. The molecule has 0 radical (unpaired) electrons. The Morgan fingerprint density at radius 1 is 0.800 bits per heavy atom. The average Bonchev–Trinajstić information content (AvgIpc) is 2.77. The SMILES string of the molecule is CC(C)(C)[Si](OCCNC[C@@H](O)c1ccccc1)(c1ccccc1)c1ccccc1. The van der Waals surface area contributed by atoms with Crippen LogP contribution in [-0.2, 0) is 4.43 Å². The molecule has 3 rings (SSSR count). The molecule has 0 saturated carbocycles. The van der Waals surface area contributed by atoms with Crippen LogP contribution in [0.1, 0.15) is 32.4 Å². The van der Waals surface area contributed by atoms with Crippen LogP contribution in [0.3, 0.4) is 0 Å². The number of rotatable bonds is 9. The molecule has 0 fully saturated rings. The van der Waals surface area contributed by atoms with E-state index in [0.29, 0.717) is 19.7 Å².